The first-order valence-electron chi connectivity index (χ1n) is 7.72. The molecule has 0 radical (unpaired) electrons. The van der Waals surface area contributed by atoms with Crippen molar-refractivity contribution in [3.8, 4) is 0 Å². The van der Waals surface area contributed by atoms with Gasteiger partial charge in [0.1, 0.15) is 6.04 Å². The maximum Gasteiger partial charge on any atom is 0.242 e. The third kappa shape index (κ3) is 6.16. The normalized spacial score (nSPS) is 11.9. The van der Waals surface area contributed by atoms with Crippen molar-refractivity contribution in [2.45, 2.75) is 33.2 Å². The summed E-state index contributed by atoms with van der Waals surface area (Å²) in [5, 5.41) is 5.59. The first kappa shape index (κ1) is 18.0. The van der Waals surface area contributed by atoms with Crippen LogP contribution in [-0.2, 0) is 9.59 Å². The summed E-state index contributed by atoms with van der Waals surface area (Å²) in [5.74, 6) is -0.235. The van der Waals surface area contributed by atoms with E-state index in [1.165, 1.54) is 6.92 Å². The van der Waals surface area contributed by atoms with Gasteiger partial charge in [-0.2, -0.15) is 0 Å². The second kappa shape index (κ2) is 9.07. The standard InChI is InChI=1S/C17H27N3O2/c1-13(2)16(19-14(3)21)17(22)18-11-8-12-20(4)15-9-6-5-7-10-15/h5-7,9-10,13,16H,8,11-12H2,1-4H3,(H,18,22)(H,19,21). The highest BCUT2D eigenvalue weighted by molar-refractivity contribution is 5.86. The number of benzene rings is 1. The van der Waals surface area contributed by atoms with Crippen molar-refractivity contribution >= 4 is 17.5 Å². The van der Waals surface area contributed by atoms with Gasteiger partial charge < -0.3 is 15.5 Å². The zero-order valence-corrected chi connectivity index (χ0v) is 13.9. The van der Waals surface area contributed by atoms with Crippen molar-refractivity contribution in [2.24, 2.45) is 5.92 Å². The highest BCUT2D eigenvalue weighted by Gasteiger charge is 2.22. The van der Waals surface area contributed by atoms with Crippen molar-refractivity contribution in [3.63, 3.8) is 0 Å². The van der Waals surface area contributed by atoms with Crippen LogP contribution in [0.1, 0.15) is 27.2 Å². The van der Waals surface area contributed by atoms with Gasteiger partial charge in [0.25, 0.3) is 0 Å². The molecule has 0 heterocycles. The van der Waals surface area contributed by atoms with E-state index >= 15 is 0 Å². The predicted molar refractivity (Wildman–Crippen MR) is 89.8 cm³/mol. The molecule has 1 aromatic rings. The molecule has 0 saturated heterocycles. The third-order valence-electron chi connectivity index (χ3n) is 3.47. The molecule has 22 heavy (non-hydrogen) atoms. The molecule has 0 aliphatic rings. The fourth-order valence-corrected chi connectivity index (χ4v) is 2.20. The van der Waals surface area contributed by atoms with Gasteiger partial charge in [-0.15, -0.1) is 0 Å². The molecule has 122 valence electrons. The van der Waals surface area contributed by atoms with E-state index in [0.717, 1.165) is 18.7 Å². The first-order valence-corrected chi connectivity index (χ1v) is 7.72. The molecule has 0 spiro atoms. The smallest absolute Gasteiger partial charge is 0.242 e. The number of rotatable bonds is 8. The van der Waals surface area contributed by atoms with Gasteiger partial charge >= 0.3 is 0 Å². The van der Waals surface area contributed by atoms with Crippen LogP contribution >= 0.6 is 0 Å². The predicted octanol–water partition coefficient (Wildman–Crippen LogP) is 1.79. The van der Waals surface area contributed by atoms with Gasteiger partial charge in [-0.3, -0.25) is 9.59 Å². The Kier molecular flexibility index (Phi) is 7.43. The number of carbonyl (C=O) groups is 2. The number of carbonyl (C=O) groups excluding carboxylic acids is 2. The Morgan fingerprint density at radius 2 is 1.82 bits per heavy atom. The van der Waals surface area contributed by atoms with Crippen LogP contribution in [-0.4, -0.2) is 38.0 Å². The summed E-state index contributed by atoms with van der Waals surface area (Å²) in [5.41, 5.74) is 1.16. The summed E-state index contributed by atoms with van der Waals surface area (Å²) in [6.45, 7) is 6.72. The Hall–Kier alpha value is -2.04. The zero-order valence-electron chi connectivity index (χ0n) is 13.9. The average molecular weight is 305 g/mol. The molecule has 1 rings (SSSR count). The lowest BCUT2D eigenvalue weighted by molar-refractivity contribution is -0.129. The average Bonchev–Trinajstić information content (AvgIpc) is 2.49. The number of hydrogen-bond donors (Lipinski definition) is 2. The summed E-state index contributed by atoms with van der Waals surface area (Å²) in [4.78, 5) is 25.4. The fourth-order valence-electron chi connectivity index (χ4n) is 2.20. The number of hydrogen-bond acceptors (Lipinski definition) is 3. The molecule has 0 saturated carbocycles. The maximum absolute atomic E-state index is 12.1. The Bertz CT molecular complexity index is 474. The van der Waals surface area contributed by atoms with E-state index in [0.29, 0.717) is 6.54 Å². The Labute approximate surface area is 133 Å². The van der Waals surface area contributed by atoms with Crippen LogP contribution in [0.15, 0.2) is 30.3 Å². The van der Waals surface area contributed by atoms with E-state index in [-0.39, 0.29) is 17.7 Å². The van der Waals surface area contributed by atoms with E-state index in [4.69, 9.17) is 0 Å². The first-order chi connectivity index (χ1) is 10.4. The van der Waals surface area contributed by atoms with Gasteiger partial charge in [0.05, 0.1) is 0 Å². The van der Waals surface area contributed by atoms with Crippen LogP contribution in [0.5, 0.6) is 0 Å². The number of nitrogens with zero attached hydrogens (tertiary/aromatic N) is 1. The second-order valence-corrected chi connectivity index (χ2v) is 5.82. The van der Waals surface area contributed by atoms with Gasteiger partial charge in [0.2, 0.25) is 11.8 Å². The Balaban J connectivity index is 2.33. The number of anilines is 1. The minimum Gasteiger partial charge on any atom is -0.375 e. The molecule has 1 aromatic carbocycles. The molecule has 2 N–H and O–H groups in total. The topological polar surface area (TPSA) is 61.4 Å². The van der Waals surface area contributed by atoms with E-state index in [9.17, 15) is 9.59 Å². The van der Waals surface area contributed by atoms with Gasteiger partial charge in [-0.1, -0.05) is 32.0 Å². The third-order valence-corrected chi connectivity index (χ3v) is 3.47. The molecule has 0 fully saturated rings. The van der Waals surface area contributed by atoms with Crippen molar-refractivity contribution in [1.29, 1.82) is 0 Å². The lowest BCUT2D eigenvalue weighted by Gasteiger charge is -2.22. The fraction of sp³-hybridized carbons (Fsp3) is 0.529. The summed E-state index contributed by atoms with van der Waals surface area (Å²) in [6.07, 6.45) is 0.849. The highest BCUT2D eigenvalue weighted by Crippen LogP contribution is 2.10. The zero-order chi connectivity index (χ0) is 16.5. The molecule has 1 unspecified atom stereocenters. The largest absolute Gasteiger partial charge is 0.375 e. The monoisotopic (exact) mass is 305 g/mol. The number of nitrogens with one attached hydrogen (secondary N) is 2. The number of para-hydroxylation sites is 1. The van der Waals surface area contributed by atoms with Gasteiger partial charge in [0, 0.05) is 32.7 Å². The molecule has 0 aliphatic carbocycles. The van der Waals surface area contributed by atoms with Crippen LogP contribution in [0.2, 0.25) is 0 Å². The molecule has 0 bridgehead atoms. The molecular weight excluding hydrogens is 278 g/mol. The summed E-state index contributed by atoms with van der Waals surface area (Å²) >= 11 is 0. The summed E-state index contributed by atoms with van der Waals surface area (Å²) in [7, 11) is 2.03. The van der Waals surface area contributed by atoms with Crippen molar-refractivity contribution < 1.29 is 9.59 Å². The number of amides is 2. The Morgan fingerprint density at radius 1 is 1.18 bits per heavy atom. The minimum atomic E-state index is -0.468. The van der Waals surface area contributed by atoms with Crippen LogP contribution < -0.4 is 15.5 Å². The molecule has 5 heteroatoms. The molecular formula is C17H27N3O2. The molecule has 1 atom stereocenters. The highest BCUT2D eigenvalue weighted by atomic mass is 16.2. The van der Waals surface area contributed by atoms with Crippen LogP contribution in [0, 0.1) is 5.92 Å². The Morgan fingerprint density at radius 3 is 2.36 bits per heavy atom. The summed E-state index contributed by atoms with van der Waals surface area (Å²) in [6, 6.07) is 9.66. The molecule has 5 nitrogen and oxygen atoms in total. The lowest BCUT2D eigenvalue weighted by Crippen LogP contribution is -2.49. The quantitative estimate of drug-likeness (QED) is 0.720. The van der Waals surface area contributed by atoms with Crippen molar-refractivity contribution in [1.82, 2.24) is 10.6 Å². The molecule has 0 aromatic heterocycles. The van der Waals surface area contributed by atoms with Gasteiger partial charge in [-0.25, -0.2) is 0 Å². The second-order valence-electron chi connectivity index (χ2n) is 5.82. The van der Waals surface area contributed by atoms with Crippen LogP contribution in [0.3, 0.4) is 0 Å². The van der Waals surface area contributed by atoms with E-state index in [1.807, 2.05) is 39.1 Å². The SMILES string of the molecule is CC(=O)NC(C(=O)NCCCN(C)c1ccccc1)C(C)C. The van der Waals surface area contributed by atoms with Crippen LogP contribution in [0.4, 0.5) is 5.69 Å². The van der Waals surface area contributed by atoms with E-state index in [2.05, 4.69) is 27.7 Å². The van der Waals surface area contributed by atoms with Crippen LogP contribution in [0.25, 0.3) is 0 Å². The molecule has 0 aliphatic heterocycles. The lowest BCUT2D eigenvalue weighted by atomic mass is 10.0. The molecule has 2 amide bonds. The minimum absolute atomic E-state index is 0.0656. The van der Waals surface area contributed by atoms with Gasteiger partial charge in [0.15, 0.2) is 0 Å². The maximum atomic E-state index is 12.1. The summed E-state index contributed by atoms with van der Waals surface area (Å²) < 4.78 is 0. The van der Waals surface area contributed by atoms with Gasteiger partial charge in [-0.05, 0) is 24.5 Å². The van der Waals surface area contributed by atoms with E-state index in [1.54, 1.807) is 0 Å². The van der Waals surface area contributed by atoms with E-state index < -0.39 is 6.04 Å². The van der Waals surface area contributed by atoms with Crippen molar-refractivity contribution in [2.75, 3.05) is 25.0 Å². The van der Waals surface area contributed by atoms with Crippen molar-refractivity contribution in [3.05, 3.63) is 30.3 Å².